The lowest BCUT2D eigenvalue weighted by Gasteiger charge is -2.10. The second kappa shape index (κ2) is 7.87. The van der Waals surface area contributed by atoms with Gasteiger partial charge in [-0.3, -0.25) is 4.79 Å². The van der Waals surface area contributed by atoms with Crippen LogP contribution in [-0.2, 0) is 0 Å². The number of nitrogens with one attached hydrogen (secondary N) is 2. The first-order valence-corrected chi connectivity index (χ1v) is 7.11. The Kier molecular flexibility index (Phi) is 5.61. The summed E-state index contributed by atoms with van der Waals surface area (Å²) in [6.07, 6.45) is 1.53. The van der Waals surface area contributed by atoms with E-state index in [0.29, 0.717) is 23.8 Å². The number of hydrogen-bond donors (Lipinski definition) is 2. The standard InChI is InChI=1S/C16H18N6O/c1-22(2)10-9-18-15(23)14-7-8-19-16(21-14)20-13-5-3-12(11-17)4-6-13/h3-8H,9-10H2,1-2H3,(H,18,23)(H,19,20,21). The number of nitriles is 1. The van der Waals surface area contributed by atoms with E-state index in [0.717, 1.165) is 12.2 Å². The predicted molar refractivity (Wildman–Crippen MR) is 87.4 cm³/mol. The molecule has 0 radical (unpaired) electrons. The van der Waals surface area contributed by atoms with Gasteiger partial charge in [-0.2, -0.15) is 5.26 Å². The van der Waals surface area contributed by atoms with Gasteiger partial charge in [0.1, 0.15) is 5.69 Å². The monoisotopic (exact) mass is 310 g/mol. The molecule has 118 valence electrons. The van der Waals surface area contributed by atoms with E-state index in [1.807, 2.05) is 19.0 Å². The number of benzene rings is 1. The molecule has 23 heavy (non-hydrogen) atoms. The number of rotatable bonds is 6. The van der Waals surface area contributed by atoms with Gasteiger partial charge in [0, 0.05) is 25.0 Å². The number of hydrogen-bond acceptors (Lipinski definition) is 6. The summed E-state index contributed by atoms with van der Waals surface area (Å²) in [5.41, 5.74) is 1.62. The van der Waals surface area contributed by atoms with Crippen LogP contribution in [0.4, 0.5) is 11.6 Å². The van der Waals surface area contributed by atoms with Crippen molar-refractivity contribution in [3.05, 3.63) is 47.8 Å². The van der Waals surface area contributed by atoms with Crippen molar-refractivity contribution in [2.45, 2.75) is 0 Å². The first-order chi connectivity index (χ1) is 11.1. The van der Waals surface area contributed by atoms with E-state index in [4.69, 9.17) is 5.26 Å². The minimum absolute atomic E-state index is 0.239. The van der Waals surface area contributed by atoms with Crippen molar-refractivity contribution in [3.8, 4) is 6.07 Å². The number of carbonyl (C=O) groups is 1. The zero-order chi connectivity index (χ0) is 16.7. The van der Waals surface area contributed by atoms with E-state index in [1.165, 1.54) is 6.20 Å². The molecule has 1 aromatic heterocycles. The molecule has 0 saturated heterocycles. The predicted octanol–water partition coefficient (Wildman–Crippen LogP) is 1.38. The highest BCUT2D eigenvalue weighted by Gasteiger charge is 2.08. The molecule has 0 saturated carbocycles. The van der Waals surface area contributed by atoms with Crippen LogP contribution in [0.1, 0.15) is 16.1 Å². The summed E-state index contributed by atoms with van der Waals surface area (Å²) < 4.78 is 0. The Hall–Kier alpha value is -2.98. The third-order valence-electron chi connectivity index (χ3n) is 3.00. The highest BCUT2D eigenvalue weighted by molar-refractivity contribution is 5.92. The second-order valence-electron chi connectivity index (χ2n) is 5.14. The lowest BCUT2D eigenvalue weighted by atomic mass is 10.2. The van der Waals surface area contributed by atoms with Crippen LogP contribution in [0.3, 0.4) is 0 Å². The van der Waals surface area contributed by atoms with Gasteiger partial charge >= 0.3 is 0 Å². The molecule has 0 spiro atoms. The fourth-order valence-electron chi connectivity index (χ4n) is 1.79. The molecule has 0 unspecified atom stereocenters. The maximum absolute atomic E-state index is 12.0. The van der Waals surface area contributed by atoms with Crippen molar-refractivity contribution < 1.29 is 4.79 Å². The largest absolute Gasteiger partial charge is 0.349 e. The smallest absolute Gasteiger partial charge is 0.270 e. The van der Waals surface area contributed by atoms with Crippen LogP contribution < -0.4 is 10.6 Å². The average Bonchev–Trinajstić information content (AvgIpc) is 2.55. The Morgan fingerprint density at radius 3 is 2.65 bits per heavy atom. The van der Waals surface area contributed by atoms with Crippen molar-refractivity contribution in [3.63, 3.8) is 0 Å². The number of likely N-dealkylation sites (N-methyl/N-ethyl adjacent to an activating group) is 1. The van der Waals surface area contributed by atoms with Crippen LogP contribution in [-0.4, -0.2) is 48.0 Å². The maximum atomic E-state index is 12.0. The van der Waals surface area contributed by atoms with Gasteiger partial charge < -0.3 is 15.5 Å². The summed E-state index contributed by atoms with van der Waals surface area (Å²) in [6.45, 7) is 1.31. The molecular weight excluding hydrogens is 292 g/mol. The highest BCUT2D eigenvalue weighted by atomic mass is 16.1. The van der Waals surface area contributed by atoms with Gasteiger partial charge in [0.25, 0.3) is 5.91 Å². The van der Waals surface area contributed by atoms with Crippen molar-refractivity contribution in [2.24, 2.45) is 0 Å². The van der Waals surface area contributed by atoms with E-state index in [9.17, 15) is 4.79 Å². The maximum Gasteiger partial charge on any atom is 0.270 e. The average molecular weight is 310 g/mol. The minimum atomic E-state index is -0.239. The Bertz CT molecular complexity index is 705. The van der Waals surface area contributed by atoms with Gasteiger partial charge in [0.15, 0.2) is 0 Å². The molecule has 2 rings (SSSR count). The van der Waals surface area contributed by atoms with Gasteiger partial charge in [-0.15, -0.1) is 0 Å². The SMILES string of the molecule is CN(C)CCNC(=O)c1ccnc(Nc2ccc(C#N)cc2)n1. The van der Waals surface area contributed by atoms with Crippen molar-refractivity contribution >= 4 is 17.5 Å². The highest BCUT2D eigenvalue weighted by Crippen LogP contribution is 2.13. The molecule has 0 aliphatic heterocycles. The van der Waals surface area contributed by atoms with Crippen LogP contribution in [0.5, 0.6) is 0 Å². The van der Waals surface area contributed by atoms with Crippen LogP contribution in [0, 0.1) is 11.3 Å². The molecule has 7 nitrogen and oxygen atoms in total. The van der Waals surface area contributed by atoms with E-state index in [2.05, 4.69) is 26.7 Å². The fourth-order valence-corrected chi connectivity index (χ4v) is 1.79. The second-order valence-corrected chi connectivity index (χ2v) is 5.14. The van der Waals surface area contributed by atoms with Crippen LogP contribution >= 0.6 is 0 Å². The third kappa shape index (κ3) is 5.05. The summed E-state index contributed by atoms with van der Waals surface area (Å²) in [6, 6.07) is 10.5. The van der Waals surface area contributed by atoms with Gasteiger partial charge in [0.2, 0.25) is 5.95 Å². The van der Waals surface area contributed by atoms with Gasteiger partial charge in [0.05, 0.1) is 11.6 Å². The van der Waals surface area contributed by atoms with Crippen molar-refractivity contribution in [2.75, 3.05) is 32.5 Å². The summed E-state index contributed by atoms with van der Waals surface area (Å²) >= 11 is 0. The molecule has 2 N–H and O–H groups in total. The Balaban J connectivity index is 2.01. The number of aromatic nitrogens is 2. The lowest BCUT2D eigenvalue weighted by molar-refractivity contribution is 0.0946. The molecule has 2 aromatic rings. The quantitative estimate of drug-likeness (QED) is 0.837. The van der Waals surface area contributed by atoms with E-state index in [-0.39, 0.29) is 5.91 Å². The summed E-state index contributed by atoms with van der Waals surface area (Å²) in [7, 11) is 3.88. The molecule has 0 atom stereocenters. The Morgan fingerprint density at radius 2 is 2.00 bits per heavy atom. The topological polar surface area (TPSA) is 93.9 Å². The first-order valence-electron chi connectivity index (χ1n) is 7.11. The molecule has 0 fully saturated rings. The van der Waals surface area contributed by atoms with Gasteiger partial charge in [-0.05, 0) is 44.4 Å². The first kappa shape index (κ1) is 16.4. The molecule has 1 heterocycles. The summed E-state index contributed by atoms with van der Waals surface area (Å²) in [4.78, 5) is 22.3. The number of carbonyl (C=O) groups excluding carboxylic acids is 1. The molecule has 0 bridgehead atoms. The van der Waals surface area contributed by atoms with Crippen molar-refractivity contribution in [1.82, 2.24) is 20.2 Å². The minimum Gasteiger partial charge on any atom is -0.349 e. The van der Waals surface area contributed by atoms with Gasteiger partial charge in [-0.25, -0.2) is 9.97 Å². The van der Waals surface area contributed by atoms with E-state index in [1.54, 1.807) is 30.3 Å². The zero-order valence-corrected chi connectivity index (χ0v) is 13.1. The van der Waals surface area contributed by atoms with E-state index >= 15 is 0 Å². The van der Waals surface area contributed by atoms with Crippen LogP contribution in [0.2, 0.25) is 0 Å². The third-order valence-corrected chi connectivity index (χ3v) is 3.00. The number of nitrogens with zero attached hydrogens (tertiary/aromatic N) is 4. The van der Waals surface area contributed by atoms with Gasteiger partial charge in [-0.1, -0.05) is 0 Å². The molecule has 0 aliphatic carbocycles. The zero-order valence-electron chi connectivity index (χ0n) is 13.1. The van der Waals surface area contributed by atoms with Crippen molar-refractivity contribution in [1.29, 1.82) is 5.26 Å². The lowest BCUT2D eigenvalue weighted by Crippen LogP contribution is -2.31. The molecule has 1 aromatic carbocycles. The van der Waals surface area contributed by atoms with Crippen LogP contribution in [0.15, 0.2) is 36.5 Å². The Morgan fingerprint density at radius 1 is 1.26 bits per heavy atom. The summed E-state index contributed by atoms with van der Waals surface area (Å²) in [5.74, 6) is 0.0899. The molecular formula is C16H18N6O. The molecule has 1 amide bonds. The number of anilines is 2. The van der Waals surface area contributed by atoms with E-state index < -0.39 is 0 Å². The molecule has 0 aliphatic rings. The van der Waals surface area contributed by atoms with Crippen LogP contribution in [0.25, 0.3) is 0 Å². The normalized spacial score (nSPS) is 10.2. The summed E-state index contributed by atoms with van der Waals surface area (Å²) in [5, 5.41) is 14.6. The Labute approximate surface area is 135 Å². The number of amides is 1. The molecule has 7 heteroatoms. The fraction of sp³-hybridized carbons (Fsp3) is 0.250.